The van der Waals surface area contributed by atoms with Crippen molar-refractivity contribution in [1.82, 2.24) is 9.88 Å². The van der Waals surface area contributed by atoms with Crippen LogP contribution in [0.25, 0.3) is 0 Å². The zero-order chi connectivity index (χ0) is 11.5. The number of aromatic nitrogens is 1. The van der Waals surface area contributed by atoms with Crippen molar-refractivity contribution in [2.75, 3.05) is 6.54 Å². The van der Waals surface area contributed by atoms with Gasteiger partial charge in [0.15, 0.2) is 0 Å². The molecule has 1 aromatic rings. The zero-order valence-electron chi connectivity index (χ0n) is 9.32. The number of hydrogen-bond acceptors (Lipinski definition) is 2. The van der Waals surface area contributed by atoms with Crippen LogP contribution in [0.5, 0.6) is 0 Å². The summed E-state index contributed by atoms with van der Waals surface area (Å²) in [6.45, 7) is 2.51. The summed E-state index contributed by atoms with van der Waals surface area (Å²) in [5.74, 6) is 0.160. The largest absolute Gasteiger partial charge is 0.336 e. The molecule has 1 atom stereocenters. The van der Waals surface area contributed by atoms with Gasteiger partial charge in [0.1, 0.15) is 4.60 Å². The van der Waals surface area contributed by atoms with E-state index in [0.29, 0.717) is 0 Å². The Morgan fingerprint density at radius 1 is 1.50 bits per heavy atom. The molecule has 0 aliphatic carbocycles. The molecule has 0 bridgehead atoms. The van der Waals surface area contributed by atoms with Crippen LogP contribution in [-0.4, -0.2) is 22.3 Å². The Kier molecular flexibility index (Phi) is 3.59. The number of rotatable bonds is 1. The maximum absolute atomic E-state index is 11.5. The Bertz CT molecular complexity index is 377. The minimum Gasteiger partial charge on any atom is -0.336 e. The predicted octanol–water partition coefficient (Wildman–Crippen LogP) is 2.92. The van der Waals surface area contributed by atoms with Crippen LogP contribution >= 0.6 is 15.9 Å². The van der Waals surface area contributed by atoms with Crippen LogP contribution in [0.1, 0.15) is 37.8 Å². The summed E-state index contributed by atoms with van der Waals surface area (Å²) < 4.78 is 0.835. The molecule has 2 rings (SSSR count). The zero-order valence-corrected chi connectivity index (χ0v) is 10.9. The van der Waals surface area contributed by atoms with Gasteiger partial charge < -0.3 is 4.90 Å². The van der Waals surface area contributed by atoms with Crippen LogP contribution in [-0.2, 0) is 4.79 Å². The summed E-state index contributed by atoms with van der Waals surface area (Å²) in [5, 5.41) is 0. The molecule has 0 spiro atoms. The third-order valence-corrected chi connectivity index (χ3v) is 3.51. The lowest BCUT2D eigenvalue weighted by Gasteiger charge is -2.35. The second-order valence-electron chi connectivity index (χ2n) is 4.14. The second-order valence-corrected chi connectivity index (χ2v) is 4.95. The SMILES string of the molecule is CC(=O)N1CCCC[C@H]1c1ccc(Br)nc1. The van der Waals surface area contributed by atoms with Crippen LogP contribution < -0.4 is 0 Å². The number of pyridine rings is 1. The molecule has 2 heterocycles. The van der Waals surface area contributed by atoms with Crippen LogP contribution in [0.4, 0.5) is 0 Å². The molecule has 0 radical (unpaired) electrons. The van der Waals surface area contributed by atoms with E-state index in [-0.39, 0.29) is 11.9 Å². The van der Waals surface area contributed by atoms with Gasteiger partial charge in [-0.2, -0.15) is 0 Å². The average Bonchev–Trinajstić information content (AvgIpc) is 2.30. The van der Waals surface area contributed by atoms with E-state index in [1.54, 1.807) is 6.92 Å². The molecule has 0 N–H and O–H groups in total. The van der Waals surface area contributed by atoms with Gasteiger partial charge in [-0.1, -0.05) is 6.07 Å². The van der Waals surface area contributed by atoms with Gasteiger partial charge in [0.25, 0.3) is 0 Å². The van der Waals surface area contributed by atoms with Crippen molar-refractivity contribution in [2.45, 2.75) is 32.2 Å². The first-order valence-corrected chi connectivity index (χ1v) is 6.36. The maximum atomic E-state index is 11.5. The molecule has 4 heteroatoms. The number of nitrogens with zero attached hydrogens (tertiary/aromatic N) is 2. The number of carbonyl (C=O) groups excluding carboxylic acids is 1. The summed E-state index contributed by atoms with van der Waals surface area (Å²) in [7, 11) is 0. The molecule has 1 fully saturated rings. The monoisotopic (exact) mass is 282 g/mol. The Balaban J connectivity index is 2.23. The van der Waals surface area contributed by atoms with Crippen molar-refractivity contribution in [3.8, 4) is 0 Å². The van der Waals surface area contributed by atoms with Crippen molar-refractivity contribution in [3.63, 3.8) is 0 Å². The topological polar surface area (TPSA) is 33.2 Å². The minimum atomic E-state index is 0.160. The van der Waals surface area contributed by atoms with Crippen LogP contribution in [0.15, 0.2) is 22.9 Å². The van der Waals surface area contributed by atoms with Gasteiger partial charge in [-0.15, -0.1) is 0 Å². The lowest BCUT2D eigenvalue weighted by molar-refractivity contribution is -0.132. The molecule has 0 saturated carbocycles. The van der Waals surface area contributed by atoms with E-state index < -0.39 is 0 Å². The number of piperidine rings is 1. The molecule has 1 aliphatic heterocycles. The fourth-order valence-electron chi connectivity index (χ4n) is 2.24. The van der Waals surface area contributed by atoms with E-state index in [4.69, 9.17) is 0 Å². The first kappa shape index (κ1) is 11.6. The molecule has 86 valence electrons. The number of likely N-dealkylation sites (tertiary alicyclic amines) is 1. The van der Waals surface area contributed by atoms with Crippen molar-refractivity contribution < 1.29 is 4.79 Å². The van der Waals surface area contributed by atoms with E-state index >= 15 is 0 Å². The molecule has 1 amide bonds. The van der Waals surface area contributed by atoms with Crippen molar-refractivity contribution in [3.05, 3.63) is 28.5 Å². The third-order valence-electron chi connectivity index (χ3n) is 3.04. The highest BCUT2D eigenvalue weighted by atomic mass is 79.9. The molecule has 1 aromatic heterocycles. The normalized spacial score (nSPS) is 20.9. The number of hydrogen-bond donors (Lipinski definition) is 0. The van der Waals surface area contributed by atoms with Gasteiger partial charge in [0.05, 0.1) is 6.04 Å². The highest BCUT2D eigenvalue weighted by Crippen LogP contribution is 2.30. The van der Waals surface area contributed by atoms with Gasteiger partial charge in [0.2, 0.25) is 5.91 Å². The van der Waals surface area contributed by atoms with E-state index in [1.165, 1.54) is 6.42 Å². The van der Waals surface area contributed by atoms with Crippen molar-refractivity contribution in [2.24, 2.45) is 0 Å². The molecular formula is C12H15BrN2O. The minimum absolute atomic E-state index is 0.160. The summed E-state index contributed by atoms with van der Waals surface area (Å²) in [6, 6.07) is 4.19. The lowest BCUT2D eigenvalue weighted by atomic mass is 9.96. The average molecular weight is 283 g/mol. The molecule has 1 saturated heterocycles. The highest BCUT2D eigenvalue weighted by Gasteiger charge is 2.25. The summed E-state index contributed by atoms with van der Waals surface area (Å²) in [5.41, 5.74) is 1.14. The first-order chi connectivity index (χ1) is 7.68. The van der Waals surface area contributed by atoms with E-state index in [1.807, 2.05) is 23.2 Å². The van der Waals surface area contributed by atoms with Crippen LogP contribution in [0.2, 0.25) is 0 Å². The van der Waals surface area contributed by atoms with Crippen molar-refractivity contribution >= 4 is 21.8 Å². The van der Waals surface area contributed by atoms with Gasteiger partial charge in [-0.25, -0.2) is 4.98 Å². The standard InChI is InChI=1S/C12H15BrN2O/c1-9(16)15-7-3-2-4-11(15)10-5-6-12(13)14-8-10/h5-6,8,11H,2-4,7H2,1H3/t11-/m0/s1. The highest BCUT2D eigenvalue weighted by molar-refractivity contribution is 9.10. The van der Waals surface area contributed by atoms with E-state index in [9.17, 15) is 4.79 Å². The fraction of sp³-hybridized carbons (Fsp3) is 0.500. The molecule has 0 unspecified atom stereocenters. The second kappa shape index (κ2) is 4.95. The Morgan fingerprint density at radius 2 is 2.31 bits per heavy atom. The number of carbonyl (C=O) groups is 1. The van der Waals surface area contributed by atoms with Crippen LogP contribution in [0, 0.1) is 0 Å². The lowest BCUT2D eigenvalue weighted by Crippen LogP contribution is -2.36. The fourth-order valence-corrected chi connectivity index (χ4v) is 2.47. The molecule has 1 aliphatic rings. The Morgan fingerprint density at radius 3 is 2.94 bits per heavy atom. The van der Waals surface area contributed by atoms with Gasteiger partial charge in [-0.05, 0) is 46.8 Å². The van der Waals surface area contributed by atoms with Crippen molar-refractivity contribution in [1.29, 1.82) is 0 Å². The van der Waals surface area contributed by atoms with E-state index in [0.717, 1.165) is 29.6 Å². The Labute approximate surface area is 104 Å². The van der Waals surface area contributed by atoms with Crippen LogP contribution in [0.3, 0.4) is 0 Å². The number of halogens is 1. The molecular weight excluding hydrogens is 268 g/mol. The Hall–Kier alpha value is -0.900. The molecule has 3 nitrogen and oxygen atoms in total. The van der Waals surface area contributed by atoms with Gasteiger partial charge >= 0.3 is 0 Å². The predicted molar refractivity (Wildman–Crippen MR) is 65.9 cm³/mol. The van der Waals surface area contributed by atoms with Gasteiger partial charge in [-0.3, -0.25) is 4.79 Å². The molecule has 0 aromatic carbocycles. The number of amides is 1. The van der Waals surface area contributed by atoms with E-state index in [2.05, 4.69) is 20.9 Å². The summed E-state index contributed by atoms with van der Waals surface area (Å²) >= 11 is 3.32. The first-order valence-electron chi connectivity index (χ1n) is 5.57. The summed E-state index contributed by atoms with van der Waals surface area (Å²) in [4.78, 5) is 17.7. The quantitative estimate of drug-likeness (QED) is 0.742. The summed E-state index contributed by atoms with van der Waals surface area (Å²) in [6.07, 6.45) is 5.20. The van der Waals surface area contributed by atoms with Gasteiger partial charge in [0, 0.05) is 19.7 Å². The molecule has 16 heavy (non-hydrogen) atoms. The maximum Gasteiger partial charge on any atom is 0.219 e. The third kappa shape index (κ3) is 2.43. The smallest absolute Gasteiger partial charge is 0.219 e.